The Balaban J connectivity index is 1.49. The molecule has 8 heteroatoms. The Kier molecular flexibility index (Phi) is 5.99. The lowest BCUT2D eigenvalue weighted by molar-refractivity contribution is -0.122. The molecule has 4 rings (SSSR count). The fraction of sp³-hybridized carbons (Fsp3) is 0.333. The summed E-state index contributed by atoms with van der Waals surface area (Å²) in [4.78, 5) is 29.9. The van der Waals surface area contributed by atoms with E-state index in [9.17, 15) is 9.59 Å². The summed E-state index contributed by atoms with van der Waals surface area (Å²) in [7, 11) is 0. The number of ether oxygens (including phenoxy) is 1. The van der Waals surface area contributed by atoms with Gasteiger partial charge in [-0.1, -0.05) is 41.9 Å². The van der Waals surface area contributed by atoms with Crippen LogP contribution >= 0.6 is 11.6 Å². The summed E-state index contributed by atoms with van der Waals surface area (Å²) in [5.74, 6) is -0.220. The van der Waals surface area contributed by atoms with E-state index in [4.69, 9.17) is 16.3 Å². The van der Waals surface area contributed by atoms with Gasteiger partial charge in [0.2, 0.25) is 5.91 Å². The topological polar surface area (TPSA) is 79.4 Å². The lowest BCUT2D eigenvalue weighted by atomic mass is 10.0. The molecule has 2 N–H and O–H groups in total. The maximum absolute atomic E-state index is 12.6. The van der Waals surface area contributed by atoms with Crippen molar-refractivity contribution in [1.29, 1.82) is 0 Å². The number of benzene rings is 2. The number of morpholine rings is 1. The minimum absolute atomic E-state index is 0.0405. The summed E-state index contributed by atoms with van der Waals surface area (Å²) in [6.07, 6.45) is 0. The maximum atomic E-state index is 12.6. The van der Waals surface area contributed by atoms with Crippen molar-refractivity contribution in [3.8, 4) is 0 Å². The van der Waals surface area contributed by atoms with Gasteiger partial charge in [0.15, 0.2) is 0 Å². The smallest absolute Gasteiger partial charge is 0.326 e. The summed E-state index contributed by atoms with van der Waals surface area (Å²) < 4.78 is 6.91. The predicted octanol–water partition coefficient (Wildman–Crippen LogP) is 2.17. The summed E-state index contributed by atoms with van der Waals surface area (Å²) in [5.41, 5.74) is 2.11. The second-order valence-electron chi connectivity index (χ2n) is 7.02. The first-order valence-electron chi connectivity index (χ1n) is 9.64. The molecule has 0 saturated carbocycles. The zero-order valence-corrected chi connectivity index (χ0v) is 16.7. The number of nitrogens with zero attached hydrogens (tertiary/aromatic N) is 2. The Bertz CT molecular complexity index is 1060. The number of hydrogen-bond donors (Lipinski definition) is 2. The third-order valence-corrected chi connectivity index (χ3v) is 5.57. The van der Waals surface area contributed by atoms with Gasteiger partial charge >= 0.3 is 5.69 Å². The number of para-hydroxylation sites is 2. The van der Waals surface area contributed by atoms with Gasteiger partial charge in [-0.15, -0.1) is 0 Å². The van der Waals surface area contributed by atoms with E-state index in [0.29, 0.717) is 35.8 Å². The molecule has 3 aromatic rings. The fourth-order valence-electron chi connectivity index (χ4n) is 3.74. The molecule has 1 atom stereocenters. The quantitative estimate of drug-likeness (QED) is 0.648. The number of nitrogens with one attached hydrogen (secondary N) is 2. The van der Waals surface area contributed by atoms with Crippen LogP contribution in [-0.4, -0.2) is 53.2 Å². The average molecular weight is 415 g/mol. The summed E-state index contributed by atoms with van der Waals surface area (Å²) in [5, 5.41) is 3.65. The minimum atomic E-state index is -0.294. The highest BCUT2D eigenvalue weighted by atomic mass is 35.5. The fourth-order valence-corrected chi connectivity index (χ4v) is 4.01. The third-order valence-electron chi connectivity index (χ3n) is 5.23. The van der Waals surface area contributed by atoms with E-state index in [1.165, 1.54) is 4.57 Å². The molecule has 0 radical (unpaired) electrons. The number of H-pyrrole nitrogens is 1. The molecule has 0 aliphatic carbocycles. The van der Waals surface area contributed by atoms with Crippen LogP contribution in [0.15, 0.2) is 53.3 Å². The summed E-state index contributed by atoms with van der Waals surface area (Å²) in [6.45, 7) is 3.21. The Morgan fingerprint density at radius 1 is 1.14 bits per heavy atom. The van der Waals surface area contributed by atoms with Crippen molar-refractivity contribution in [2.45, 2.75) is 12.6 Å². The van der Waals surface area contributed by atoms with Crippen molar-refractivity contribution in [1.82, 2.24) is 19.8 Å². The second kappa shape index (κ2) is 8.82. The van der Waals surface area contributed by atoms with E-state index >= 15 is 0 Å². The highest BCUT2D eigenvalue weighted by Gasteiger charge is 2.25. The van der Waals surface area contributed by atoms with E-state index < -0.39 is 0 Å². The van der Waals surface area contributed by atoms with Gasteiger partial charge < -0.3 is 15.0 Å². The molecule has 2 aromatic carbocycles. The summed E-state index contributed by atoms with van der Waals surface area (Å²) in [6, 6.07) is 15.0. The number of hydrogen-bond acceptors (Lipinski definition) is 4. The first-order valence-corrected chi connectivity index (χ1v) is 10.0. The van der Waals surface area contributed by atoms with Crippen LogP contribution in [0, 0.1) is 0 Å². The molecule has 7 nitrogen and oxygen atoms in total. The number of aromatic amines is 1. The van der Waals surface area contributed by atoms with Crippen molar-refractivity contribution in [3.05, 3.63) is 69.6 Å². The van der Waals surface area contributed by atoms with Gasteiger partial charge in [0.25, 0.3) is 0 Å². The SMILES string of the molecule is O=C(Cn1c(=O)[nH]c2ccccc21)NCC(c1ccccc1Cl)N1CCOCC1. The van der Waals surface area contributed by atoms with Crippen LogP contribution < -0.4 is 11.0 Å². The number of fused-ring (bicyclic) bond motifs is 1. The van der Waals surface area contributed by atoms with E-state index in [1.54, 1.807) is 0 Å². The lowest BCUT2D eigenvalue weighted by Crippen LogP contribution is -2.44. The van der Waals surface area contributed by atoms with Gasteiger partial charge in [-0.25, -0.2) is 4.79 Å². The molecule has 152 valence electrons. The van der Waals surface area contributed by atoms with Gasteiger partial charge in [-0.2, -0.15) is 0 Å². The van der Waals surface area contributed by atoms with E-state index in [2.05, 4.69) is 15.2 Å². The molecule has 1 unspecified atom stereocenters. The first kappa shape index (κ1) is 19.7. The van der Waals surface area contributed by atoms with E-state index in [-0.39, 0.29) is 24.2 Å². The third kappa shape index (κ3) is 4.37. The Labute approximate surface area is 173 Å². The molecule has 1 saturated heterocycles. The zero-order chi connectivity index (χ0) is 20.2. The van der Waals surface area contributed by atoms with Crippen LogP contribution in [0.5, 0.6) is 0 Å². The van der Waals surface area contributed by atoms with E-state index in [1.807, 2.05) is 48.5 Å². The van der Waals surface area contributed by atoms with Gasteiger partial charge in [-0.05, 0) is 23.8 Å². The normalized spacial score (nSPS) is 16.0. The highest BCUT2D eigenvalue weighted by molar-refractivity contribution is 6.31. The molecular weight excluding hydrogens is 392 g/mol. The number of halogens is 1. The monoisotopic (exact) mass is 414 g/mol. The minimum Gasteiger partial charge on any atom is -0.379 e. The Morgan fingerprint density at radius 2 is 1.86 bits per heavy atom. The van der Waals surface area contributed by atoms with Crippen molar-refractivity contribution >= 4 is 28.5 Å². The number of aromatic nitrogens is 2. The molecule has 0 spiro atoms. The number of amides is 1. The van der Waals surface area contributed by atoms with Crippen LogP contribution in [0.3, 0.4) is 0 Å². The standard InChI is InChI=1S/C21H23ClN4O3/c22-16-6-2-1-5-15(16)19(25-9-11-29-12-10-25)13-23-20(27)14-26-18-8-4-3-7-17(18)24-21(26)28/h1-8,19H,9-14H2,(H,23,27)(H,24,28). The molecule has 1 aromatic heterocycles. The number of imidazole rings is 1. The van der Waals surface area contributed by atoms with Crippen LogP contribution in [0.2, 0.25) is 5.02 Å². The number of carbonyl (C=O) groups excluding carboxylic acids is 1. The first-order chi connectivity index (χ1) is 14.1. The lowest BCUT2D eigenvalue weighted by Gasteiger charge is -2.35. The number of rotatable bonds is 6. The van der Waals surface area contributed by atoms with Crippen molar-refractivity contribution in [3.63, 3.8) is 0 Å². The predicted molar refractivity (Wildman–Crippen MR) is 112 cm³/mol. The zero-order valence-electron chi connectivity index (χ0n) is 15.9. The molecule has 1 fully saturated rings. The number of carbonyl (C=O) groups is 1. The summed E-state index contributed by atoms with van der Waals surface area (Å²) >= 11 is 6.43. The van der Waals surface area contributed by atoms with Crippen molar-refractivity contribution in [2.75, 3.05) is 32.8 Å². The molecular formula is C21H23ClN4O3. The molecule has 1 aliphatic heterocycles. The molecule has 29 heavy (non-hydrogen) atoms. The molecule has 2 heterocycles. The van der Waals surface area contributed by atoms with Gasteiger partial charge in [0.05, 0.1) is 30.3 Å². The van der Waals surface area contributed by atoms with Crippen molar-refractivity contribution in [2.24, 2.45) is 0 Å². The average Bonchev–Trinajstić information content (AvgIpc) is 3.05. The molecule has 1 amide bonds. The van der Waals surface area contributed by atoms with Crippen LogP contribution in [0.25, 0.3) is 11.0 Å². The van der Waals surface area contributed by atoms with Gasteiger partial charge in [0, 0.05) is 24.7 Å². The van der Waals surface area contributed by atoms with Gasteiger partial charge in [-0.3, -0.25) is 14.3 Å². The maximum Gasteiger partial charge on any atom is 0.326 e. The van der Waals surface area contributed by atoms with Crippen LogP contribution in [0.1, 0.15) is 11.6 Å². The van der Waals surface area contributed by atoms with E-state index in [0.717, 1.165) is 18.7 Å². The van der Waals surface area contributed by atoms with Crippen LogP contribution in [-0.2, 0) is 16.1 Å². The molecule has 0 bridgehead atoms. The molecule has 1 aliphatic rings. The Hall–Kier alpha value is -2.61. The second-order valence-corrected chi connectivity index (χ2v) is 7.43. The van der Waals surface area contributed by atoms with Crippen molar-refractivity contribution < 1.29 is 9.53 Å². The van der Waals surface area contributed by atoms with Crippen LogP contribution in [0.4, 0.5) is 0 Å². The highest BCUT2D eigenvalue weighted by Crippen LogP contribution is 2.27. The largest absolute Gasteiger partial charge is 0.379 e. The Morgan fingerprint density at radius 3 is 2.66 bits per heavy atom. The van der Waals surface area contributed by atoms with Gasteiger partial charge in [0.1, 0.15) is 6.54 Å².